The standard InChI is InChI=1S/C14H15ClF3N3O2/c1-8(21-5-4-19-12(22)7-21)13(23)20-11-6-9(14(16,17)18)2-3-10(11)15/h2-3,6,8H,4-5,7H2,1H3,(H,19,22)(H,20,23)/p+1/t8-/m1/s1. The molecule has 2 amide bonds. The molecule has 0 bridgehead atoms. The van der Waals surface area contributed by atoms with Crippen molar-refractivity contribution in [1.29, 1.82) is 0 Å². The molecule has 1 fully saturated rings. The fourth-order valence-electron chi connectivity index (χ4n) is 2.31. The lowest BCUT2D eigenvalue weighted by molar-refractivity contribution is -0.907. The van der Waals surface area contributed by atoms with Gasteiger partial charge in [0.2, 0.25) is 0 Å². The first-order valence-electron chi connectivity index (χ1n) is 6.97. The van der Waals surface area contributed by atoms with Gasteiger partial charge in [0.25, 0.3) is 11.8 Å². The van der Waals surface area contributed by atoms with Crippen molar-refractivity contribution in [2.24, 2.45) is 0 Å². The van der Waals surface area contributed by atoms with E-state index in [2.05, 4.69) is 10.6 Å². The van der Waals surface area contributed by atoms with E-state index in [1.54, 1.807) is 6.92 Å². The van der Waals surface area contributed by atoms with Crippen LogP contribution in [0.3, 0.4) is 0 Å². The molecule has 9 heteroatoms. The van der Waals surface area contributed by atoms with Gasteiger partial charge in [-0.05, 0) is 25.1 Å². The Morgan fingerprint density at radius 1 is 1.43 bits per heavy atom. The van der Waals surface area contributed by atoms with Crippen LogP contribution in [0.15, 0.2) is 18.2 Å². The highest BCUT2D eigenvalue weighted by Gasteiger charge is 2.33. The normalized spacial score (nSPS) is 19.9. The van der Waals surface area contributed by atoms with Gasteiger partial charge in [0.05, 0.1) is 29.4 Å². The Morgan fingerprint density at radius 2 is 2.13 bits per heavy atom. The summed E-state index contributed by atoms with van der Waals surface area (Å²) in [4.78, 5) is 24.3. The van der Waals surface area contributed by atoms with Gasteiger partial charge in [-0.25, -0.2) is 0 Å². The fraction of sp³-hybridized carbons (Fsp3) is 0.429. The van der Waals surface area contributed by atoms with Crippen LogP contribution >= 0.6 is 11.6 Å². The minimum absolute atomic E-state index is 0.0185. The molecule has 0 aliphatic carbocycles. The predicted octanol–water partition coefficient (Wildman–Crippen LogP) is 0.701. The number of nitrogens with one attached hydrogen (secondary N) is 3. The zero-order valence-corrected chi connectivity index (χ0v) is 13.0. The number of amides is 2. The second-order valence-electron chi connectivity index (χ2n) is 5.34. The second kappa shape index (κ2) is 6.76. The third-order valence-corrected chi connectivity index (χ3v) is 4.04. The van der Waals surface area contributed by atoms with E-state index in [1.807, 2.05) is 0 Å². The van der Waals surface area contributed by atoms with Crippen molar-refractivity contribution in [3.8, 4) is 0 Å². The average molecular weight is 351 g/mol. The number of carbonyl (C=O) groups excluding carboxylic acids is 2. The van der Waals surface area contributed by atoms with Gasteiger partial charge < -0.3 is 15.5 Å². The predicted molar refractivity (Wildman–Crippen MR) is 78.3 cm³/mol. The van der Waals surface area contributed by atoms with E-state index < -0.39 is 23.7 Å². The number of piperazine rings is 1. The molecular weight excluding hydrogens is 335 g/mol. The van der Waals surface area contributed by atoms with E-state index in [0.717, 1.165) is 23.1 Å². The molecule has 1 unspecified atom stereocenters. The van der Waals surface area contributed by atoms with E-state index in [4.69, 9.17) is 11.6 Å². The lowest BCUT2D eigenvalue weighted by Crippen LogP contribution is -3.19. The van der Waals surface area contributed by atoms with Crippen LogP contribution in [-0.2, 0) is 15.8 Å². The minimum Gasteiger partial charge on any atom is -0.346 e. The maximum atomic E-state index is 12.7. The number of rotatable bonds is 3. The topological polar surface area (TPSA) is 62.6 Å². The monoisotopic (exact) mass is 350 g/mol. The van der Waals surface area contributed by atoms with Crippen LogP contribution in [0.4, 0.5) is 18.9 Å². The summed E-state index contributed by atoms with van der Waals surface area (Å²) in [6, 6.07) is 2.14. The van der Waals surface area contributed by atoms with Gasteiger partial charge in [0, 0.05) is 0 Å². The number of carbonyl (C=O) groups is 2. The third-order valence-electron chi connectivity index (χ3n) is 3.71. The zero-order valence-electron chi connectivity index (χ0n) is 12.3. The van der Waals surface area contributed by atoms with Crippen LogP contribution in [-0.4, -0.2) is 37.5 Å². The van der Waals surface area contributed by atoms with Crippen LogP contribution in [0.1, 0.15) is 12.5 Å². The van der Waals surface area contributed by atoms with Gasteiger partial charge in [0.1, 0.15) is 0 Å². The SMILES string of the molecule is C[C@H](C(=O)Nc1cc(C(F)(F)F)ccc1Cl)[NH+]1CCNC(=O)C1. The van der Waals surface area contributed by atoms with Crippen molar-refractivity contribution < 1.29 is 27.7 Å². The molecule has 1 aromatic carbocycles. The number of alkyl halides is 3. The molecular formula is C14H16ClF3N3O2+. The Morgan fingerprint density at radius 3 is 2.74 bits per heavy atom. The first-order chi connectivity index (χ1) is 10.7. The molecule has 1 aliphatic rings. The van der Waals surface area contributed by atoms with Crippen molar-refractivity contribution in [2.75, 3.05) is 25.0 Å². The van der Waals surface area contributed by atoms with Gasteiger partial charge >= 0.3 is 6.18 Å². The van der Waals surface area contributed by atoms with E-state index in [9.17, 15) is 22.8 Å². The average Bonchev–Trinajstić information content (AvgIpc) is 2.47. The summed E-state index contributed by atoms with van der Waals surface area (Å²) < 4.78 is 38.2. The Balaban J connectivity index is 2.11. The molecule has 5 nitrogen and oxygen atoms in total. The number of quaternary nitrogens is 1. The van der Waals surface area contributed by atoms with E-state index in [-0.39, 0.29) is 23.2 Å². The van der Waals surface area contributed by atoms with E-state index in [1.165, 1.54) is 0 Å². The van der Waals surface area contributed by atoms with Crippen LogP contribution in [0.5, 0.6) is 0 Å². The summed E-state index contributed by atoms with van der Waals surface area (Å²) in [5, 5.41) is 5.08. The van der Waals surface area contributed by atoms with Crippen molar-refractivity contribution in [1.82, 2.24) is 5.32 Å². The highest BCUT2D eigenvalue weighted by Crippen LogP contribution is 2.33. The molecule has 1 aromatic rings. The summed E-state index contributed by atoms with van der Waals surface area (Å²) in [7, 11) is 0. The van der Waals surface area contributed by atoms with E-state index in [0.29, 0.717) is 13.1 Å². The summed E-state index contributed by atoms with van der Waals surface area (Å²) in [6.45, 7) is 2.78. The third kappa shape index (κ3) is 4.35. The van der Waals surface area contributed by atoms with Gasteiger partial charge in [-0.2, -0.15) is 13.2 Å². The Bertz CT molecular complexity index is 622. The van der Waals surface area contributed by atoms with Crippen molar-refractivity contribution in [2.45, 2.75) is 19.1 Å². The number of hydrogen-bond donors (Lipinski definition) is 3. The Labute approximate surface area is 135 Å². The maximum Gasteiger partial charge on any atom is 0.416 e. The highest BCUT2D eigenvalue weighted by atomic mass is 35.5. The zero-order chi connectivity index (χ0) is 17.2. The first kappa shape index (κ1) is 17.6. The van der Waals surface area contributed by atoms with Gasteiger partial charge in [-0.15, -0.1) is 0 Å². The molecule has 23 heavy (non-hydrogen) atoms. The molecule has 0 aromatic heterocycles. The molecule has 1 heterocycles. The summed E-state index contributed by atoms with van der Waals surface area (Å²) in [5.74, 6) is -0.654. The van der Waals surface area contributed by atoms with Gasteiger partial charge in [-0.3, -0.25) is 9.59 Å². The Kier molecular flexibility index (Phi) is 5.16. The Hall–Kier alpha value is -1.80. The molecule has 0 spiro atoms. The fourth-order valence-corrected chi connectivity index (χ4v) is 2.48. The largest absolute Gasteiger partial charge is 0.416 e. The number of hydrogen-bond acceptors (Lipinski definition) is 2. The molecule has 0 radical (unpaired) electrons. The van der Waals surface area contributed by atoms with Gasteiger partial charge in [0.15, 0.2) is 12.6 Å². The lowest BCUT2D eigenvalue weighted by atomic mass is 10.1. The molecule has 0 saturated carbocycles. The number of anilines is 1. The number of halogens is 4. The minimum atomic E-state index is -4.52. The van der Waals surface area contributed by atoms with Crippen LogP contribution in [0.25, 0.3) is 0 Å². The maximum absolute atomic E-state index is 12.7. The second-order valence-corrected chi connectivity index (χ2v) is 5.75. The molecule has 3 N–H and O–H groups in total. The van der Waals surface area contributed by atoms with Crippen LogP contribution in [0.2, 0.25) is 5.02 Å². The molecule has 126 valence electrons. The quantitative estimate of drug-likeness (QED) is 0.751. The van der Waals surface area contributed by atoms with E-state index >= 15 is 0 Å². The summed E-state index contributed by atoms with van der Waals surface area (Å²) in [5.41, 5.74) is -0.992. The summed E-state index contributed by atoms with van der Waals surface area (Å²) >= 11 is 5.85. The van der Waals surface area contributed by atoms with Crippen molar-refractivity contribution >= 4 is 29.1 Å². The molecule has 2 rings (SSSR count). The number of benzene rings is 1. The summed E-state index contributed by atoms with van der Waals surface area (Å²) in [6.07, 6.45) is -4.52. The smallest absolute Gasteiger partial charge is 0.346 e. The van der Waals surface area contributed by atoms with Crippen molar-refractivity contribution in [3.63, 3.8) is 0 Å². The molecule has 1 saturated heterocycles. The highest BCUT2D eigenvalue weighted by molar-refractivity contribution is 6.33. The first-order valence-corrected chi connectivity index (χ1v) is 7.35. The van der Waals surface area contributed by atoms with Gasteiger partial charge in [-0.1, -0.05) is 11.6 Å². The van der Waals surface area contributed by atoms with Crippen LogP contribution in [0, 0.1) is 0 Å². The molecule has 1 aliphatic heterocycles. The van der Waals surface area contributed by atoms with Crippen molar-refractivity contribution in [3.05, 3.63) is 28.8 Å². The van der Waals surface area contributed by atoms with Crippen LogP contribution < -0.4 is 15.5 Å². The molecule has 2 atom stereocenters. The lowest BCUT2D eigenvalue weighted by Gasteiger charge is -2.28.